The first kappa shape index (κ1) is 18.7. The number of fused-ring (bicyclic) bond motifs is 1. The van der Waals surface area contributed by atoms with Crippen LogP contribution in [0.5, 0.6) is 0 Å². The normalized spacial score (nSPS) is 12.4. The lowest BCUT2D eigenvalue weighted by molar-refractivity contribution is -0.143. The van der Waals surface area contributed by atoms with Crippen molar-refractivity contribution in [1.82, 2.24) is 4.98 Å². The Hall–Kier alpha value is -3.04. The van der Waals surface area contributed by atoms with Crippen molar-refractivity contribution in [3.05, 3.63) is 65.1 Å². The van der Waals surface area contributed by atoms with Crippen LogP contribution in [0.15, 0.2) is 42.5 Å². The van der Waals surface area contributed by atoms with Gasteiger partial charge in [-0.25, -0.2) is 4.39 Å². The number of H-pyrrole nitrogens is 1. The predicted molar refractivity (Wildman–Crippen MR) is 82.7 cm³/mol. The number of aromatic nitrogens is 1. The quantitative estimate of drug-likeness (QED) is 0.550. The van der Waals surface area contributed by atoms with E-state index in [1.807, 2.05) is 5.32 Å². The third-order valence-corrected chi connectivity index (χ3v) is 3.67. The Morgan fingerprint density at radius 1 is 0.852 bits per heavy atom. The molecule has 0 radical (unpaired) electrons. The van der Waals surface area contributed by atoms with Crippen LogP contribution in [0.25, 0.3) is 10.9 Å². The van der Waals surface area contributed by atoms with Crippen molar-refractivity contribution in [2.45, 2.75) is 12.4 Å². The van der Waals surface area contributed by atoms with Crippen molar-refractivity contribution in [2.24, 2.45) is 0 Å². The molecule has 0 fully saturated rings. The van der Waals surface area contributed by atoms with Gasteiger partial charge in [-0.15, -0.1) is 0 Å². The fraction of sp³-hybridized carbons (Fsp3) is 0.118. The summed E-state index contributed by atoms with van der Waals surface area (Å²) in [6.45, 7) is 0. The summed E-state index contributed by atoms with van der Waals surface area (Å²) in [5, 5.41) is 2.31. The van der Waals surface area contributed by atoms with Crippen LogP contribution in [0.4, 0.5) is 36.4 Å². The van der Waals surface area contributed by atoms with Crippen LogP contribution in [0.3, 0.4) is 0 Å². The van der Waals surface area contributed by atoms with Crippen LogP contribution in [0.2, 0.25) is 0 Å². The third-order valence-electron chi connectivity index (χ3n) is 3.67. The lowest BCUT2D eigenvalue weighted by atomic mass is 10.1. The summed E-state index contributed by atoms with van der Waals surface area (Å²) in [5.74, 6) is -1.54. The fourth-order valence-electron chi connectivity index (χ4n) is 2.45. The van der Waals surface area contributed by atoms with Crippen molar-refractivity contribution < 1.29 is 35.5 Å². The molecule has 1 amide bonds. The van der Waals surface area contributed by atoms with Crippen molar-refractivity contribution in [3.63, 3.8) is 0 Å². The lowest BCUT2D eigenvalue weighted by Crippen LogP contribution is -2.16. The predicted octanol–water partition coefficient (Wildman–Crippen LogP) is 5.60. The van der Waals surface area contributed by atoms with Gasteiger partial charge in [-0.2, -0.15) is 26.3 Å². The Labute approximate surface area is 146 Å². The first-order valence-electron chi connectivity index (χ1n) is 7.32. The number of amides is 1. The summed E-state index contributed by atoms with van der Waals surface area (Å²) in [7, 11) is 0. The summed E-state index contributed by atoms with van der Waals surface area (Å²) < 4.78 is 90.3. The topological polar surface area (TPSA) is 44.9 Å². The molecule has 0 aliphatic carbocycles. The lowest BCUT2D eigenvalue weighted by Gasteiger charge is -2.14. The molecule has 0 atom stereocenters. The van der Waals surface area contributed by atoms with E-state index in [0.717, 1.165) is 12.1 Å². The molecule has 0 aliphatic rings. The number of halogens is 7. The molecule has 0 bridgehead atoms. The molecule has 3 aromatic rings. The number of hydrogen-bond donors (Lipinski definition) is 2. The minimum Gasteiger partial charge on any atom is -0.351 e. The molecule has 1 aromatic heterocycles. The van der Waals surface area contributed by atoms with Gasteiger partial charge < -0.3 is 10.3 Å². The minimum absolute atomic E-state index is 0.0403. The molecular formula is C17H9F7N2O. The maximum Gasteiger partial charge on any atom is 0.416 e. The van der Waals surface area contributed by atoms with Gasteiger partial charge in [-0.3, -0.25) is 4.79 Å². The Kier molecular flexibility index (Phi) is 4.37. The standard InChI is InChI=1S/C17H9F7N2O/c18-11-1-2-13-8(3-11)4-14(26-13)15(27)25-12-6-9(16(19,20)21)5-10(7-12)17(22,23)24/h1-7,26H,(H,25,27). The van der Waals surface area contributed by atoms with Gasteiger partial charge in [0.2, 0.25) is 0 Å². The van der Waals surface area contributed by atoms with Gasteiger partial charge in [0.25, 0.3) is 5.91 Å². The van der Waals surface area contributed by atoms with Crippen molar-refractivity contribution in [3.8, 4) is 0 Å². The van der Waals surface area contributed by atoms with E-state index in [0.29, 0.717) is 23.0 Å². The smallest absolute Gasteiger partial charge is 0.351 e. The highest BCUT2D eigenvalue weighted by atomic mass is 19.4. The van der Waals surface area contributed by atoms with Gasteiger partial charge in [0.05, 0.1) is 11.1 Å². The van der Waals surface area contributed by atoms with Gasteiger partial charge in [-0.05, 0) is 42.5 Å². The average Bonchev–Trinajstić information content (AvgIpc) is 2.96. The number of carbonyl (C=O) groups excluding carboxylic acids is 1. The molecule has 27 heavy (non-hydrogen) atoms. The summed E-state index contributed by atoms with van der Waals surface area (Å²) in [6, 6.07) is 5.57. The van der Waals surface area contributed by atoms with Crippen LogP contribution >= 0.6 is 0 Å². The highest BCUT2D eigenvalue weighted by Gasteiger charge is 2.37. The van der Waals surface area contributed by atoms with Gasteiger partial charge in [0.15, 0.2) is 0 Å². The highest BCUT2D eigenvalue weighted by Crippen LogP contribution is 2.37. The molecule has 2 N–H and O–H groups in total. The van der Waals surface area contributed by atoms with Crippen molar-refractivity contribution in [2.75, 3.05) is 5.32 Å². The molecule has 3 rings (SSSR count). The second kappa shape index (κ2) is 6.29. The molecular weight excluding hydrogens is 381 g/mol. The monoisotopic (exact) mass is 390 g/mol. The highest BCUT2D eigenvalue weighted by molar-refractivity contribution is 6.06. The van der Waals surface area contributed by atoms with Crippen LogP contribution in [0.1, 0.15) is 21.6 Å². The number of anilines is 1. The molecule has 0 saturated carbocycles. The SMILES string of the molecule is O=C(Nc1cc(C(F)(F)F)cc(C(F)(F)F)c1)c1cc2cc(F)ccc2[nH]1. The number of benzene rings is 2. The summed E-state index contributed by atoms with van der Waals surface area (Å²) in [6.07, 6.45) is -10.1. The van der Waals surface area contributed by atoms with Crippen LogP contribution < -0.4 is 5.32 Å². The first-order chi connectivity index (χ1) is 12.4. The number of alkyl halides is 6. The van der Waals surface area contributed by atoms with Crippen LogP contribution in [-0.2, 0) is 12.4 Å². The zero-order chi connectivity index (χ0) is 20.0. The summed E-state index contributed by atoms with van der Waals surface area (Å²) in [4.78, 5) is 14.8. The average molecular weight is 390 g/mol. The molecule has 0 spiro atoms. The van der Waals surface area contributed by atoms with E-state index in [4.69, 9.17) is 0 Å². The van der Waals surface area contributed by atoms with E-state index in [1.54, 1.807) is 0 Å². The maximum atomic E-state index is 13.2. The largest absolute Gasteiger partial charge is 0.416 e. The third kappa shape index (κ3) is 4.04. The van der Waals surface area contributed by atoms with Gasteiger partial charge in [0, 0.05) is 16.6 Å². The van der Waals surface area contributed by atoms with E-state index in [1.165, 1.54) is 12.1 Å². The summed E-state index contributed by atoms with van der Waals surface area (Å²) in [5.41, 5.74) is -3.55. The molecule has 1 heterocycles. The molecule has 0 unspecified atom stereocenters. The van der Waals surface area contributed by atoms with E-state index >= 15 is 0 Å². The van der Waals surface area contributed by atoms with Gasteiger partial charge in [0.1, 0.15) is 11.5 Å². The molecule has 2 aromatic carbocycles. The van der Waals surface area contributed by atoms with E-state index in [2.05, 4.69) is 4.98 Å². The second-order valence-corrected chi connectivity index (χ2v) is 5.66. The molecule has 0 aliphatic heterocycles. The number of carbonyl (C=O) groups is 1. The van der Waals surface area contributed by atoms with Gasteiger partial charge in [-0.1, -0.05) is 0 Å². The van der Waals surface area contributed by atoms with E-state index in [-0.39, 0.29) is 11.8 Å². The molecule has 142 valence electrons. The van der Waals surface area contributed by atoms with Crippen molar-refractivity contribution in [1.29, 1.82) is 0 Å². The minimum atomic E-state index is -5.03. The Balaban J connectivity index is 1.96. The number of rotatable bonds is 2. The first-order valence-corrected chi connectivity index (χ1v) is 7.32. The van der Waals surface area contributed by atoms with E-state index < -0.39 is 40.9 Å². The fourth-order valence-corrected chi connectivity index (χ4v) is 2.45. The zero-order valence-corrected chi connectivity index (χ0v) is 13.1. The molecule has 3 nitrogen and oxygen atoms in total. The molecule has 10 heteroatoms. The second-order valence-electron chi connectivity index (χ2n) is 5.66. The number of hydrogen-bond acceptors (Lipinski definition) is 1. The Morgan fingerprint density at radius 2 is 1.44 bits per heavy atom. The Morgan fingerprint density at radius 3 is 2.00 bits per heavy atom. The summed E-state index contributed by atoms with van der Waals surface area (Å²) >= 11 is 0. The van der Waals surface area contributed by atoms with Crippen molar-refractivity contribution >= 4 is 22.5 Å². The molecule has 0 saturated heterocycles. The number of aromatic amines is 1. The number of nitrogens with one attached hydrogen (secondary N) is 2. The zero-order valence-electron chi connectivity index (χ0n) is 13.1. The van der Waals surface area contributed by atoms with Crippen LogP contribution in [0, 0.1) is 5.82 Å². The van der Waals surface area contributed by atoms with E-state index in [9.17, 15) is 35.5 Å². The maximum absolute atomic E-state index is 13.2. The van der Waals surface area contributed by atoms with Gasteiger partial charge >= 0.3 is 12.4 Å². The van der Waals surface area contributed by atoms with Crippen LogP contribution in [-0.4, -0.2) is 10.9 Å². The Bertz CT molecular complexity index is 986.